The Morgan fingerprint density at radius 1 is 0.755 bits per heavy atom. The number of nitrogens with one attached hydrogen (secondary N) is 1. The monoisotopic (exact) mass is 653 g/mol. The number of rotatable bonds is 12. The van der Waals surface area contributed by atoms with E-state index in [2.05, 4.69) is 93.9 Å². The maximum absolute atomic E-state index is 14.1. The summed E-state index contributed by atoms with van der Waals surface area (Å²) in [6, 6.07) is 44.2. The fourth-order valence-corrected chi connectivity index (χ4v) is 6.38. The van der Waals surface area contributed by atoms with E-state index >= 15 is 0 Å². The van der Waals surface area contributed by atoms with Crippen molar-refractivity contribution in [3.05, 3.63) is 197 Å². The third kappa shape index (κ3) is 7.49. The fraction of sp³-hybridized carbons (Fsp3) is 0.146. The number of nitrogens with two attached hydrogens (primary N) is 1. The molecular weight excluding hydrogens is 616 g/mol. The summed E-state index contributed by atoms with van der Waals surface area (Å²) >= 11 is 0. The van der Waals surface area contributed by atoms with Gasteiger partial charge in [-0.15, -0.1) is 0 Å². The number of nitrogens with zero attached hydrogens (tertiary/aromatic N) is 3. The van der Waals surface area contributed by atoms with Crippen molar-refractivity contribution in [1.82, 2.24) is 14.9 Å². The number of aliphatic imine (C=N–C) groups is 1. The van der Waals surface area contributed by atoms with Gasteiger partial charge in [0.2, 0.25) is 5.91 Å². The SMILES string of the molecule is NC(=NCCCc1cn(C(c2ccccc2)(c2ccccc2)c2ccccc2)cn1)NC(=O)CC(c1ccccc1)c1ccc(F)c(F)c1. The van der Waals surface area contributed by atoms with Gasteiger partial charge in [-0.25, -0.2) is 13.8 Å². The van der Waals surface area contributed by atoms with Crippen molar-refractivity contribution in [3.8, 4) is 0 Å². The molecule has 6 rings (SSSR count). The normalized spacial score (nSPS) is 12.4. The van der Waals surface area contributed by atoms with E-state index in [1.54, 1.807) is 0 Å². The van der Waals surface area contributed by atoms with Gasteiger partial charge in [0.25, 0.3) is 0 Å². The molecule has 246 valence electrons. The van der Waals surface area contributed by atoms with Crippen LogP contribution in [0.1, 0.15) is 52.3 Å². The molecule has 0 fully saturated rings. The minimum Gasteiger partial charge on any atom is -0.370 e. The summed E-state index contributed by atoms with van der Waals surface area (Å²) in [4.78, 5) is 22.2. The molecule has 5 aromatic carbocycles. The van der Waals surface area contributed by atoms with Crippen LogP contribution >= 0.6 is 0 Å². The average Bonchev–Trinajstić information content (AvgIpc) is 3.61. The summed E-state index contributed by atoms with van der Waals surface area (Å²) in [6.07, 6.45) is 5.26. The Morgan fingerprint density at radius 2 is 1.31 bits per heavy atom. The molecule has 0 aliphatic heterocycles. The molecule has 6 nitrogen and oxygen atoms in total. The smallest absolute Gasteiger partial charge is 0.227 e. The zero-order valence-corrected chi connectivity index (χ0v) is 26.9. The Hall–Kier alpha value is -5.89. The van der Waals surface area contributed by atoms with Crippen LogP contribution in [-0.2, 0) is 16.8 Å². The first kappa shape index (κ1) is 33.0. The second kappa shape index (κ2) is 15.3. The zero-order valence-electron chi connectivity index (χ0n) is 26.9. The summed E-state index contributed by atoms with van der Waals surface area (Å²) in [5, 5.41) is 2.65. The van der Waals surface area contributed by atoms with Gasteiger partial charge < -0.3 is 10.3 Å². The lowest BCUT2D eigenvalue weighted by molar-refractivity contribution is -0.119. The van der Waals surface area contributed by atoms with Crippen LogP contribution in [0, 0.1) is 11.6 Å². The number of hydrogen-bond acceptors (Lipinski definition) is 3. The maximum atomic E-state index is 14.1. The van der Waals surface area contributed by atoms with E-state index in [9.17, 15) is 13.6 Å². The van der Waals surface area contributed by atoms with Crippen LogP contribution in [0.5, 0.6) is 0 Å². The first-order chi connectivity index (χ1) is 23.9. The molecule has 0 radical (unpaired) electrons. The lowest BCUT2D eigenvalue weighted by Gasteiger charge is -2.37. The number of hydrogen-bond donors (Lipinski definition) is 2. The van der Waals surface area contributed by atoms with Crippen LogP contribution in [0.25, 0.3) is 0 Å². The van der Waals surface area contributed by atoms with Crippen LogP contribution in [0.15, 0.2) is 157 Å². The van der Waals surface area contributed by atoms with E-state index in [1.807, 2.05) is 54.9 Å². The van der Waals surface area contributed by atoms with E-state index in [0.717, 1.165) is 40.1 Å². The first-order valence-electron chi connectivity index (χ1n) is 16.2. The highest BCUT2D eigenvalue weighted by Crippen LogP contribution is 2.40. The number of guanidine groups is 1. The number of carbonyl (C=O) groups is 1. The lowest BCUT2D eigenvalue weighted by atomic mass is 9.77. The Kier molecular flexibility index (Phi) is 10.3. The summed E-state index contributed by atoms with van der Waals surface area (Å²) in [7, 11) is 0. The van der Waals surface area contributed by atoms with Crippen molar-refractivity contribution >= 4 is 11.9 Å². The van der Waals surface area contributed by atoms with Crippen LogP contribution in [-0.4, -0.2) is 28.0 Å². The van der Waals surface area contributed by atoms with Crippen molar-refractivity contribution < 1.29 is 13.6 Å². The number of halogens is 2. The molecule has 1 atom stereocenters. The molecule has 49 heavy (non-hydrogen) atoms. The van der Waals surface area contributed by atoms with Gasteiger partial charge in [0.15, 0.2) is 17.6 Å². The molecule has 6 aromatic rings. The van der Waals surface area contributed by atoms with Crippen molar-refractivity contribution in [1.29, 1.82) is 0 Å². The molecule has 1 aromatic heterocycles. The number of amides is 1. The molecule has 0 aliphatic rings. The standard InChI is InChI=1S/C41H37F2N5O/c42-37-24-23-31(26-38(37)43)36(30-14-5-1-6-15-30)27-39(49)47-40(44)45-25-13-22-35-28-48(29-46-35)41(32-16-7-2-8-17-32,33-18-9-3-10-19-33)34-20-11-4-12-21-34/h1-12,14-21,23-24,26,28-29,36H,13,22,25,27H2,(H3,44,45,47,49). The van der Waals surface area contributed by atoms with Gasteiger partial charge in [-0.1, -0.05) is 127 Å². The Labute approximate surface area is 285 Å². The van der Waals surface area contributed by atoms with Crippen molar-refractivity contribution in [3.63, 3.8) is 0 Å². The van der Waals surface area contributed by atoms with Crippen molar-refractivity contribution in [2.75, 3.05) is 6.54 Å². The summed E-state index contributed by atoms with van der Waals surface area (Å²) in [6.45, 7) is 0.380. The fourth-order valence-electron chi connectivity index (χ4n) is 6.38. The minimum absolute atomic E-state index is 0.00359. The summed E-state index contributed by atoms with van der Waals surface area (Å²) in [5.74, 6) is -2.77. The molecule has 3 N–H and O–H groups in total. The molecule has 1 unspecified atom stereocenters. The predicted molar refractivity (Wildman–Crippen MR) is 189 cm³/mol. The Morgan fingerprint density at radius 3 is 1.86 bits per heavy atom. The number of imidazole rings is 1. The molecular formula is C41H37F2N5O. The van der Waals surface area contributed by atoms with Gasteiger partial charge in [0.1, 0.15) is 5.54 Å². The van der Waals surface area contributed by atoms with E-state index in [1.165, 1.54) is 6.07 Å². The van der Waals surface area contributed by atoms with E-state index in [0.29, 0.717) is 24.9 Å². The molecule has 0 bridgehead atoms. The minimum atomic E-state index is -0.962. The molecule has 1 amide bonds. The van der Waals surface area contributed by atoms with Gasteiger partial charge in [-0.2, -0.15) is 0 Å². The largest absolute Gasteiger partial charge is 0.370 e. The lowest BCUT2D eigenvalue weighted by Crippen LogP contribution is -2.37. The van der Waals surface area contributed by atoms with Crippen LogP contribution in [0.3, 0.4) is 0 Å². The highest BCUT2D eigenvalue weighted by atomic mass is 19.2. The summed E-state index contributed by atoms with van der Waals surface area (Å²) < 4.78 is 29.9. The van der Waals surface area contributed by atoms with Gasteiger partial charge in [-0.3, -0.25) is 15.1 Å². The molecule has 0 aliphatic carbocycles. The molecule has 0 saturated heterocycles. The first-order valence-corrected chi connectivity index (χ1v) is 16.2. The van der Waals surface area contributed by atoms with Crippen molar-refractivity contribution in [2.24, 2.45) is 10.7 Å². The quantitative estimate of drug-likeness (QED) is 0.0618. The van der Waals surface area contributed by atoms with Crippen LogP contribution in [0.2, 0.25) is 0 Å². The second-order valence-corrected chi connectivity index (χ2v) is 11.8. The van der Waals surface area contributed by atoms with Gasteiger partial charge in [0.05, 0.1) is 12.0 Å². The third-order valence-corrected chi connectivity index (χ3v) is 8.68. The second-order valence-electron chi connectivity index (χ2n) is 11.8. The average molecular weight is 654 g/mol. The Bertz CT molecular complexity index is 1900. The Balaban J connectivity index is 1.14. The third-order valence-electron chi connectivity index (χ3n) is 8.68. The molecule has 0 saturated carbocycles. The molecule has 0 spiro atoms. The number of aromatic nitrogens is 2. The zero-order chi connectivity index (χ0) is 34.1. The van der Waals surface area contributed by atoms with E-state index in [-0.39, 0.29) is 18.3 Å². The van der Waals surface area contributed by atoms with Crippen molar-refractivity contribution in [2.45, 2.75) is 30.7 Å². The highest BCUT2D eigenvalue weighted by Gasteiger charge is 2.38. The van der Waals surface area contributed by atoms with Gasteiger partial charge in [0, 0.05) is 25.1 Å². The van der Waals surface area contributed by atoms with Crippen LogP contribution in [0.4, 0.5) is 8.78 Å². The predicted octanol–water partition coefficient (Wildman–Crippen LogP) is 7.59. The van der Waals surface area contributed by atoms with Gasteiger partial charge in [-0.05, 0) is 52.8 Å². The van der Waals surface area contributed by atoms with E-state index in [4.69, 9.17) is 10.7 Å². The molecule has 1 heterocycles. The topological polar surface area (TPSA) is 85.3 Å². The number of benzene rings is 5. The maximum Gasteiger partial charge on any atom is 0.227 e. The summed E-state index contributed by atoms with van der Waals surface area (Å²) in [5.41, 5.74) is 11.0. The van der Waals surface area contributed by atoms with Crippen LogP contribution < -0.4 is 11.1 Å². The number of aryl methyl sites for hydroxylation is 1. The highest BCUT2D eigenvalue weighted by molar-refractivity contribution is 5.96. The molecule has 8 heteroatoms. The van der Waals surface area contributed by atoms with Gasteiger partial charge >= 0.3 is 0 Å². The van der Waals surface area contributed by atoms with E-state index < -0.39 is 23.1 Å². The number of carbonyl (C=O) groups excluding carboxylic acids is 1.